The van der Waals surface area contributed by atoms with Gasteiger partial charge in [-0.25, -0.2) is 9.69 Å². The predicted molar refractivity (Wildman–Crippen MR) is 80.8 cm³/mol. The Morgan fingerprint density at radius 2 is 1.81 bits per heavy atom. The second kappa shape index (κ2) is 5.28. The maximum atomic E-state index is 12.4. The molecule has 1 aliphatic heterocycles. The smallest absolute Gasteiger partial charge is 0.329 e. The Bertz CT molecular complexity index is 685. The van der Waals surface area contributed by atoms with Gasteiger partial charge in [-0.15, -0.1) is 0 Å². The number of nitrogen functional groups attached to an aromatic ring is 1. The molecule has 3 rings (SSSR count). The number of nitrogens with zero attached hydrogens (tertiary/aromatic N) is 1. The van der Waals surface area contributed by atoms with Gasteiger partial charge in [0.25, 0.3) is 5.91 Å². The number of hydrogen-bond acceptors (Lipinski definition) is 3. The van der Waals surface area contributed by atoms with Gasteiger partial charge < -0.3 is 11.1 Å². The molecule has 1 saturated heterocycles. The van der Waals surface area contributed by atoms with Crippen molar-refractivity contribution in [3.63, 3.8) is 0 Å². The van der Waals surface area contributed by atoms with E-state index in [1.807, 2.05) is 30.3 Å². The molecular weight excluding hydrogens is 266 g/mol. The quantitative estimate of drug-likeness (QED) is 0.667. The first kappa shape index (κ1) is 13.2. The number of rotatable bonds is 3. The third-order valence-electron chi connectivity index (χ3n) is 3.43. The van der Waals surface area contributed by atoms with Crippen LogP contribution in [0.15, 0.2) is 54.6 Å². The molecule has 0 bridgehead atoms. The van der Waals surface area contributed by atoms with Gasteiger partial charge in [-0.2, -0.15) is 0 Å². The lowest BCUT2D eigenvalue weighted by Gasteiger charge is -2.13. The van der Waals surface area contributed by atoms with Gasteiger partial charge in [0.05, 0.1) is 5.69 Å². The summed E-state index contributed by atoms with van der Waals surface area (Å²) in [5, 5.41) is 2.72. The highest BCUT2D eigenvalue weighted by Crippen LogP contribution is 2.22. The molecule has 1 aliphatic rings. The van der Waals surface area contributed by atoms with E-state index in [-0.39, 0.29) is 5.91 Å². The van der Waals surface area contributed by atoms with E-state index >= 15 is 0 Å². The normalized spacial score (nSPS) is 17.9. The third-order valence-corrected chi connectivity index (χ3v) is 3.43. The van der Waals surface area contributed by atoms with E-state index in [0.29, 0.717) is 17.8 Å². The fraction of sp³-hybridized carbons (Fsp3) is 0.125. The van der Waals surface area contributed by atoms with Gasteiger partial charge in [0.1, 0.15) is 6.04 Å². The first-order chi connectivity index (χ1) is 10.1. The van der Waals surface area contributed by atoms with Crippen LogP contribution in [-0.4, -0.2) is 18.0 Å². The van der Waals surface area contributed by atoms with Crippen molar-refractivity contribution in [3.8, 4) is 0 Å². The van der Waals surface area contributed by atoms with Crippen LogP contribution in [0.1, 0.15) is 5.56 Å². The maximum Gasteiger partial charge on any atom is 0.329 e. The van der Waals surface area contributed by atoms with Crippen LogP contribution in [0.3, 0.4) is 0 Å². The number of carbonyl (C=O) groups excluding carboxylic acids is 2. The van der Waals surface area contributed by atoms with E-state index in [9.17, 15) is 9.59 Å². The summed E-state index contributed by atoms with van der Waals surface area (Å²) in [7, 11) is 0. The molecule has 106 valence electrons. The zero-order chi connectivity index (χ0) is 14.8. The van der Waals surface area contributed by atoms with Crippen molar-refractivity contribution in [3.05, 3.63) is 60.2 Å². The lowest BCUT2D eigenvalue weighted by molar-refractivity contribution is -0.118. The molecule has 1 heterocycles. The molecule has 3 N–H and O–H groups in total. The molecule has 5 heteroatoms. The van der Waals surface area contributed by atoms with E-state index in [2.05, 4.69) is 5.32 Å². The maximum absolute atomic E-state index is 12.4. The molecule has 21 heavy (non-hydrogen) atoms. The van der Waals surface area contributed by atoms with Crippen molar-refractivity contribution in [2.24, 2.45) is 0 Å². The number of imide groups is 1. The van der Waals surface area contributed by atoms with Gasteiger partial charge in [0, 0.05) is 12.1 Å². The minimum Gasteiger partial charge on any atom is -0.399 e. The fourth-order valence-corrected chi connectivity index (χ4v) is 2.43. The molecule has 0 radical (unpaired) electrons. The van der Waals surface area contributed by atoms with E-state index in [1.54, 1.807) is 24.3 Å². The molecule has 0 saturated carbocycles. The Balaban J connectivity index is 1.82. The van der Waals surface area contributed by atoms with Crippen LogP contribution in [0.5, 0.6) is 0 Å². The molecule has 2 aromatic carbocycles. The first-order valence-electron chi connectivity index (χ1n) is 6.69. The highest BCUT2D eigenvalue weighted by Gasteiger charge is 2.38. The van der Waals surface area contributed by atoms with Gasteiger partial charge in [-0.3, -0.25) is 4.79 Å². The number of benzene rings is 2. The van der Waals surface area contributed by atoms with Crippen LogP contribution >= 0.6 is 0 Å². The summed E-state index contributed by atoms with van der Waals surface area (Å²) in [6.07, 6.45) is 0.476. The Labute approximate surface area is 122 Å². The highest BCUT2D eigenvalue weighted by atomic mass is 16.2. The highest BCUT2D eigenvalue weighted by molar-refractivity contribution is 6.21. The summed E-state index contributed by atoms with van der Waals surface area (Å²) in [6, 6.07) is 15.4. The molecule has 3 amide bonds. The Kier molecular flexibility index (Phi) is 3.31. The van der Waals surface area contributed by atoms with Crippen molar-refractivity contribution < 1.29 is 9.59 Å². The molecule has 0 aromatic heterocycles. The summed E-state index contributed by atoms with van der Waals surface area (Å²) < 4.78 is 0. The van der Waals surface area contributed by atoms with Gasteiger partial charge >= 0.3 is 6.03 Å². The van der Waals surface area contributed by atoms with Gasteiger partial charge in [0.2, 0.25) is 0 Å². The zero-order valence-electron chi connectivity index (χ0n) is 11.3. The van der Waals surface area contributed by atoms with E-state index in [1.165, 1.54) is 0 Å². The minimum atomic E-state index is -0.540. The second-order valence-electron chi connectivity index (χ2n) is 4.96. The van der Waals surface area contributed by atoms with Crippen LogP contribution in [0.2, 0.25) is 0 Å². The Hall–Kier alpha value is -2.82. The van der Waals surface area contributed by atoms with Crippen molar-refractivity contribution in [1.82, 2.24) is 5.32 Å². The monoisotopic (exact) mass is 281 g/mol. The average Bonchev–Trinajstić information content (AvgIpc) is 2.74. The predicted octanol–water partition coefficient (Wildman–Crippen LogP) is 1.94. The van der Waals surface area contributed by atoms with Crippen LogP contribution in [0, 0.1) is 0 Å². The number of anilines is 2. The number of hydrogen-bond donors (Lipinski definition) is 2. The first-order valence-corrected chi connectivity index (χ1v) is 6.69. The van der Waals surface area contributed by atoms with Crippen LogP contribution in [0.4, 0.5) is 16.2 Å². The fourth-order valence-electron chi connectivity index (χ4n) is 2.43. The van der Waals surface area contributed by atoms with Crippen LogP contribution in [-0.2, 0) is 11.2 Å². The summed E-state index contributed by atoms with van der Waals surface area (Å²) in [5.41, 5.74) is 7.72. The van der Waals surface area contributed by atoms with Gasteiger partial charge in [-0.05, 0) is 23.8 Å². The lowest BCUT2D eigenvalue weighted by atomic mass is 10.1. The molecule has 0 unspecified atom stereocenters. The van der Waals surface area contributed by atoms with Crippen molar-refractivity contribution in [2.75, 3.05) is 10.6 Å². The molecule has 0 spiro atoms. The summed E-state index contributed by atoms with van der Waals surface area (Å²) in [6.45, 7) is 0. The minimum absolute atomic E-state index is 0.255. The van der Waals surface area contributed by atoms with Crippen LogP contribution < -0.4 is 16.0 Å². The molecule has 2 aromatic rings. The number of urea groups is 1. The summed E-state index contributed by atoms with van der Waals surface area (Å²) in [4.78, 5) is 25.6. The second-order valence-corrected chi connectivity index (χ2v) is 4.96. The van der Waals surface area contributed by atoms with Crippen molar-refractivity contribution in [2.45, 2.75) is 12.5 Å². The van der Waals surface area contributed by atoms with Crippen molar-refractivity contribution >= 4 is 23.3 Å². The average molecular weight is 281 g/mol. The van der Waals surface area contributed by atoms with E-state index in [4.69, 9.17) is 5.73 Å². The molecule has 5 nitrogen and oxygen atoms in total. The largest absolute Gasteiger partial charge is 0.399 e. The lowest BCUT2D eigenvalue weighted by Crippen LogP contribution is -2.32. The Morgan fingerprint density at radius 1 is 1.05 bits per heavy atom. The zero-order valence-corrected chi connectivity index (χ0v) is 11.3. The summed E-state index contributed by atoms with van der Waals surface area (Å²) in [5.74, 6) is -0.255. The molecule has 0 aliphatic carbocycles. The van der Waals surface area contributed by atoms with Crippen molar-refractivity contribution in [1.29, 1.82) is 0 Å². The summed E-state index contributed by atoms with van der Waals surface area (Å²) >= 11 is 0. The topological polar surface area (TPSA) is 75.4 Å². The molecule has 1 atom stereocenters. The molecular formula is C16H15N3O2. The molecule has 1 fully saturated rings. The number of nitrogens with one attached hydrogen (secondary N) is 1. The van der Waals surface area contributed by atoms with Crippen LogP contribution in [0.25, 0.3) is 0 Å². The standard InChI is InChI=1S/C16H15N3O2/c17-12-7-4-8-13(10-12)19-15(20)14(18-16(19)21)9-11-5-2-1-3-6-11/h1-8,10,14H,9,17H2,(H,18,21)/t14-/m0/s1. The van der Waals surface area contributed by atoms with Gasteiger partial charge in [-0.1, -0.05) is 36.4 Å². The van der Waals surface area contributed by atoms with E-state index in [0.717, 1.165) is 10.5 Å². The van der Waals surface area contributed by atoms with Gasteiger partial charge in [0.15, 0.2) is 0 Å². The number of amides is 3. The number of carbonyl (C=O) groups is 2. The van der Waals surface area contributed by atoms with E-state index < -0.39 is 12.1 Å². The SMILES string of the molecule is Nc1cccc(N2C(=O)N[C@@H](Cc3ccccc3)C2=O)c1. The third kappa shape index (κ3) is 2.58. The Morgan fingerprint density at radius 3 is 2.52 bits per heavy atom. The number of nitrogens with two attached hydrogens (primary N) is 1.